The highest BCUT2D eigenvalue weighted by Gasteiger charge is 2.43. The summed E-state index contributed by atoms with van der Waals surface area (Å²) in [5.41, 5.74) is -1.43. The first-order valence-corrected chi connectivity index (χ1v) is 10.6. The maximum atomic E-state index is 14.1. The monoisotopic (exact) mass is 489 g/mol. The van der Waals surface area contributed by atoms with E-state index in [1.54, 1.807) is 12.3 Å². The van der Waals surface area contributed by atoms with Crippen molar-refractivity contribution in [3.63, 3.8) is 0 Å². The van der Waals surface area contributed by atoms with E-state index in [0.717, 1.165) is 0 Å². The molecule has 2 aromatic heterocycles. The molecule has 2 fully saturated rings. The van der Waals surface area contributed by atoms with E-state index < -0.39 is 48.5 Å². The van der Waals surface area contributed by atoms with Crippen LogP contribution in [0.15, 0.2) is 22.7 Å². The van der Waals surface area contributed by atoms with Gasteiger partial charge in [0.05, 0.1) is 37.9 Å². The van der Waals surface area contributed by atoms with Crippen LogP contribution in [-0.4, -0.2) is 66.8 Å². The molecule has 0 saturated carbocycles. The molecule has 2 aliphatic rings. The second-order valence-electron chi connectivity index (χ2n) is 8.30. The molecule has 3 aromatic rings. The Morgan fingerprint density at radius 3 is 2.71 bits per heavy atom. The number of hydrogen-bond acceptors (Lipinski definition) is 6. The molecule has 2 atom stereocenters. The number of aromatic nitrogens is 2. The summed E-state index contributed by atoms with van der Waals surface area (Å²) in [5.74, 6) is -5.17. The number of nitrogens with one attached hydrogen (secondary N) is 1. The highest BCUT2D eigenvalue weighted by molar-refractivity contribution is 6.09. The second-order valence-corrected chi connectivity index (χ2v) is 8.30. The molecule has 13 heteroatoms. The lowest BCUT2D eigenvalue weighted by atomic mass is 10.1. The van der Waals surface area contributed by atoms with Crippen LogP contribution in [0.25, 0.3) is 21.9 Å². The number of carbonyl (C=O) groups excluding carboxylic acids is 1. The number of benzene rings is 1. The van der Waals surface area contributed by atoms with Crippen molar-refractivity contribution in [3.05, 3.63) is 29.7 Å². The van der Waals surface area contributed by atoms with Crippen molar-refractivity contribution >= 4 is 27.8 Å². The van der Waals surface area contributed by atoms with Crippen LogP contribution < -0.4 is 5.32 Å². The van der Waals surface area contributed by atoms with E-state index in [0.29, 0.717) is 25.2 Å². The smallest absolute Gasteiger partial charge is 0.421 e. The molecule has 1 unspecified atom stereocenters. The highest BCUT2D eigenvalue weighted by Crippen LogP contribution is 2.42. The number of ether oxygens (including phenoxy) is 3. The van der Waals surface area contributed by atoms with Crippen LogP contribution in [0, 0.1) is 0 Å². The minimum absolute atomic E-state index is 0.0168. The molecule has 2 saturated heterocycles. The number of nitrogens with zero attached hydrogens (tertiary/aromatic N) is 2. The number of carbonyl (C=O) groups is 1. The molecular weight excluding hydrogens is 469 g/mol. The summed E-state index contributed by atoms with van der Waals surface area (Å²) in [6.45, 7) is 0.321. The fourth-order valence-corrected chi connectivity index (χ4v) is 4.20. The Balaban J connectivity index is 1.47. The molecule has 4 heterocycles. The molecule has 1 amide bonds. The first-order chi connectivity index (χ1) is 16.1. The third-order valence-electron chi connectivity index (χ3n) is 5.69. The Labute approximate surface area is 188 Å². The summed E-state index contributed by atoms with van der Waals surface area (Å²) in [7, 11) is 0. The summed E-state index contributed by atoms with van der Waals surface area (Å²) in [6.07, 6.45) is -5.29. The van der Waals surface area contributed by atoms with Gasteiger partial charge in [-0.25, -0.2) is 8.78 Å². The van der Waals surface area contributed by atoms with Crippen molar-refractivity contribution in [1.29, 1.82) is 0 Å². The minimum atomic E-state index is -4.94. The van der Waals surface area contributed by atoms with Gasteiger partial charge in [0.1, 0.15) is 29.4 Å². The summed E-state index contributed by atoms with van der Waals surface area (Å²) in [4.78, 5) is 12.6. The predicted octanol–water partition coefficient (Wildman–Crippen LogP) is 3.37. The predicted molar refractivity (Wildman–Crippen MR) is 107 cm³/mol. The van der Waals surface area contributed by atoms with Crippen molar-refractivity contribution in [2.45, 2.75) is 37.3 Å². The number of furan rings is 1. The Morgan fingerprint density at radius 2 is 2.03 bits per heavy atom. The molecule has 0 aliphatic carbocycles. The number of amides is 1. The van der Waals surface area contributed by atoms with Crippen LogP contribution in [0.5, 0.6) is 0 Å². The first kappa shape index (κ1) is 23.0. The fraction of sp³-hybridized carbons (Fsp3) is 0.524. The second kappa shape index (κ2) is 8.47. The molecule has 0 radical (unpaired) electrons. The first-order valence-electron chi connectivity index (χ1n) is 10.6. The maximum Gasteiger partial charge on any atom is 0.421 e. The van der Waals surface area contributed by atoms with Gasteiger partial charge in [-0.2, -0.15) is 18.3 Å². The number of fused-ring (bicyclic) bond motifs is 3. The van der Waals surface area contributed by atoms with Crippen LogP contribution in [0.3, 0.4) is 0 Å². The number of rotatable bonds is 5. The third-order valence-corrected chi connectivity index (χ3v) is 5.69. The van der Waals surface area contributed by atoms with Crippen LogP contribution in [0.1, 0.15) is 22.5 Å². The van der Waals surface area contributed by atoms with Crippen LogP contribution in [-0.2, 0) is 26.9 Å². The lowest BCUT2D eigenvalue weighted by Gasteiger charge is -2.22. The van der Waals surface area contributed by atoms with E-state index in [9.17, 15) is 26.7 Å². The van der Waals surface area contributed by atoms with Gasteiger partial charge in [0.25, 0.3) is 11.8 Å². The Kier molecular flexibility index (Phi) is 5.73. The maximum absolute atomic E-state index is 14.1. The van der Waals surface area contributed by atoms with Crippen molar-refractivity contribution in [1.82, 2.24) is 15.1 Å². The average molecular weight is 489 g/mol. The molecule has 0 bridgehead atoms. The zero-order chi connectivity index (χ0) is 24.1. The largest absolute Gasteiger partial charge is 0.450 e. The standard InChI is InChI=1S/C21H20F5N3O5/c22-20(23)5-12(33-10-20)6-27-19(30)18-16(21(24,25)26)15-14(34-18)2-1-11-7-29(28-17(11)15)8-13-9-31-3-4-32-13/h1-2,7,12-13H,3-6,8-10H2,(H,27,30)/t12?,13-/m0/s1. The van der Waals surface area contributed by atoms with Crippen LogP contribution >= 0.6 is 0 Å². The molecule has 2 aliphatic heterocycles. The van der Waals surface area contributed by atoms with Crippen LogP contribution in [0.4, 0.5) is 22.0 Å². The number of hydrogen-bond donors (Lipinski definition) is 1. The highest BCUT2D eigenvalue weighted by atomic mass is 19.4. The average Bonchev–Trinajstić information content (AvgIpc) is 3.46. The summed E-state index contributed by atoms with van der Waals surface area (Å²) in [6, 6.07) is 2.87. The van der Waals surface area contributed by atoms with Crippen molar-refractivity contribution in [2.24, 2.45) is 0 Å². The molecule has 1 N–H and O–H groups in total. The molecule has 1 aromatic carbocycles. The SMILES string of the molecule is O=C(NCC1CC(F)(F)CO1)c1oc2ccc3cn(C[C@H]4COCCO4)nc3c2c1C(F)(F)F. The van der Waals surface area contributed by atoms with Gasteiger partial charge < -0.3 is 23.9 Å². The van der Waals surface area contributed by atoms with Crippen molar-refractivity contribution < 1.29 is 45.4 Å². The van der Waals surface area contributed by atoms with E-state index in [1.807, 2.05) is 0 Å². The molecule has 5 rings (SSSR count). The topological polar surface area (TPSA) is 87.8 Å². The lowest BCUT2D eigenvalue weighted by molar-refractivity contribution is -0.137. The van der Waals surface area contributed by atoms with Gasteiger partial charge in [-0.3, -0.25) is 9.48 Å². The minimum Gasteiger partial charge on any atom is -0.450 e. The zero-order valence-electron chi connectivity index (χ0n) is 17.7. The zero-order valence-corrected chi connectivity index (χ0v) is 17.7. The van der Waals surface area contributed by atoms with E-state index in [4.69, 9.17) is 18.6 Å². The van der Waals surface area contributed by atoms with Gasteiger partial charge in [-0.05, 0) is 12.1 Å². The molecule has 184 valence electrons. The van der Waals surface area contributed by atoms with Gasteiger partial charge in [0, 0.05) is 24.5 Å². The van der Waals surface area contributed by atoms with Crippen molar-refractivity contribution in [3.8, 4) is 0 Å². The fourth-order valence-electron chi connectivity index (χ4n) is 4.20. The van der Waals surface area contributed by atoms with E-state index in [2.05, 4.69) is 10.4 Å². The summed E-state index contributed by atoms with van der Waals surface area (Å²) in [5, 5.41) is 6.58. The van der Waals surface area contributed by atoms with Crippen LogP contribution in [0.2, 0.25) is 0 Å². The van der Waals surface area contributed by atoms with Gasteiger partial charge in [0.2, 0.25) is 5.76 Å². The molecular formula is C21H20F5N3O5. The lowest BCUT2D eigenvalue weighted by Crippen LogP contribution is -2.33. The summed E-state index contributed by atoms with van der Waals surface area (Å²) >= 11 is 0. The van der Waals surface area contributed by atoms with Gasteiger partial charge in [0.15, 0.2) is 0 Å². The molecule has 8 nitrogen and oxygen atoms in total. The normalized spacial score (nSPS) is 23.1. The molecule has 34 heavy (non-hydrogen) atoms. The van der Waals surface area contributed by atoms with Gasteiger partial charge in [-0.1, -0.05) is 0 Å². The third kappa shape index (κ3) is 4.46. The van der Waals surface area contributed by atoms with Gasteiger partial charge in [-0.15, -0.1) is 0 Å². The van der Waals surface area contributed by atoms with Crippen molar-refractivity contribution in [2.75, 3.05) is 33.0 Å². The Morgan fingerprint density at radius 1 is 1.21 bits per heavy atom. The van der Waals surface area contributed by atoms with E-state index >= 15 is 0 Å². The number of alkyl halides is 5. The number of halogens is 5. The quantitative estimate of drug-likeness (QED) is 0.553. The Hall–Kier alpha value is -2.77. The van der Waals surface area contributed by atoms with E-state index in [-0.39, 0.29) is 35.7 Å². The van der Waals surface area contributed by atoms with Gasteiger partial charge >= 0.3 is 6.18 Å². The van der Waals surface area contributed by atoms with E-state index in [1.165, 1.54) is 10.7 Å². The Bertz CT molecular complexity index is 1220. The molecule has 0 spiro atoms. The summed E-state index contributed by atoms with van der Waals surface area (Å²) < 4.78 is 91.4.